The molecule has 0 spiro atoms. The van der Waals surface area contributed by atoms with E-state index in [0.717, 1.165) is 6.20 Å². The van der Waals surface area contributed by atoms with Gasteiger partial charge in [0.05, 0.1) is 22.8 Å². The number of ether oxygens (including phenoxy) is 1. The number of sulfonamides is 1. The number of anilines is 1. The lowest BCUT2D eigenvalue weighted by molar-refractivity contribution is 0.394. The molecule has 2 aromatic heterocycles. The van der Waals surface area contributed by atoms with E-state index in [-0.39, 0.29) is 27.4 Å². The molecule has 112 valence electrons. The molecule has 0 unspecified atom stereocenters. The van der Waals surface area contributed by atoms with Gasteiger partial charge in [-0.15, -0.1) is 0 Å². The van der Waals surface area contributed by atoms with Crippen molar-refractivity contribution < 1.29 is 18.3 Å². The standard InChI is InChI=1S/C11H9BrClN3O4S/c1-20-11-8(12)3-7(5-15-11)21(18,19)16-10-9(17)2-6(13)4-14-10/h2-5,17H,1H3,(H,14,16). The van der Waals surface area contributed by atoms with Gasteiger partial charge in [-0.2, -0.15) is 0 Å². The fourth-order valence-electron chi connectivity index (χ4n) is 1.40. The highest BCUT2D eigenvalue weighted by Gasteiger charge is 2.19. The zero-order valence-corrected chi connectivity index (χ0v) is 13.7. The van der Waals surface area contributed by atoms with Crippen molar-refractivity contribution in [3.63, 3.8) is 0 Å². The third kappa shape index (κ3) is 3.55. The van der Waals surface area contributed by atoms with Crippen LogP contribution in [-0.4, -0.2) is 30.6 Å². The molecular weight excluding hydrogens is 386 g/mol. The molecule has 0 saturated carbocycles. The molecule has 0 radical (unpaired) electrons. The van der Waals surface area contributed by atoms with Crippen molar-refractivity contribution in [1.29, 1.82) is 0 Å². The molecule has 0 aliphatic carbocycles. The van der Waals surface area contributed by atoms with Crippen molar-refractivity contribution in [1.82, 2.24) is 9.97 Å². The van der Waals surface area contributed by atoms with Crippen LogP contribution in [0, 0.1) is 0 Å². The Kier molecular flexibility index (Phi) is 4.55. The Bertz CT molecular complexity index is 785. The lowest BCUT2D eigenvalue weighted by atomic mass is 10.4. The molecule has 0 saturated heterocycles. The van der Waals surface area contributed by atoms with Gasteiger partial charge in [0.25, 0.3) is 10.0 Å². The minimum absolute atomic E-state index is 0.119. The number of aromatic hydroxyl groups is 1. The molecule has 10 heteroatoms. The van der Waals surface area contributed by atoms with Crippen molar-refractivity contribution in [3.8, 4) is 11.6 Å². The first kappa shape index (κ1) is 15.8. The lowest BCUT2D eigenvalue weighted by Gasteiger charge is -2.09. The van der Waals surface area contributed by atoms with Crippen LogP contribution in [0.4, 0.5) is 5.82 Å². The monoisotopic (exact) mass is 393 g/mol. The van der Waals surface area contributed by atoms with Crippen LogP contribution in [0.2, 0.25) is 5.02 Å². The molecule has 0 atom stereocenters. The second-order valence-corrected chi connectivity index (χ2v) is 6.76. The molecule has 7 nitrogen and oxygen atoms in total. The maximum atomic E-state index is 12.2. The van der Waals surface area contributed by atoms with Crippen LogP contribution in [0.3, 0.4) is 0 Å². The molecule has 2 N–H and O–H groups in total. The summed E-state index contributed by atoms with van der Waals surface area (Å²) in [5.41, 5.74) is 0. The Balaban J connectivity index is 2.36. The summed E-state index contributed by atoms with van der Waals surface area (Å²) in [6.45, 7) is 0. The van der Waals surface area contributed by atoms with Gasteiger partial charge in [0.1, 0.15) is 4.90 Å². The Hall–Kier alpha value is -1.58. The highest BCUT2D eigenvalue weighted by atomic mass is 79.9. The first-order chi connectivity index (χ1) is 9.83. The largest absolute Gasteiger partial charge is 0.504 e. The number of hydrogen-bond donors (Lipinski definition) is 2. The fraction of sp³-hybridized carbons (Fsp3) is 0.0909. The van der Waals surface area contributed by atoms with Crippen LogP contribution in [0.5, 0.6) is 11.6 Å². The predicted molar refractivity (Wildman–Crippen MR) is 80.2 cm³/mol. The molecular formula is C11H9BrClN3O4S. The normalized spacial score (nSPS) is 11.2. The molecule has 0 fully saturated rings. The van der Waals surface area contributed by atoms with Crippen molar-refractivity contribution in [3.05, 3.63) is 34.0 Å². The summed E-state index contributed by atoms with van der Waals surface area (Å²) in [4.78, 5) is 7.45. The van der Waals surface area contributed by atoms with Crippen LogP contribution in [-0.2, 0) is 10.0 Å². The minimum Gasteiger partial charge on any atom is -0.504 e. The van der Waals surface area contributed by atoms with Gasteiger partial charge in [0, 0.05) is 12.3 Å². The van der Waals surface area contributed by atoms with Crippen LogP contribution in [0.15, 0.2) is 33.9 Å². The summed E-state index contributed by atoms with van der Waals surface area (Å²) in [6, 6.07) is 2.50. The van der Waals surface area contributed by atoms with Gasteiger partial charge < -0.3 is 9.84 Å². The molecule has 0 amide bonds. The van der Waals surface area contributed by atoms with Gasteiger partial charge in [0.2, 0.25) is 5.88 Å². The topological polar surface area (TPSA) is 101 Å². The van der Waals surface area contributed by atoms with E-state index in [1.807, 2.05) is 0 Å². The van der Waals surface area contributed by atoms with E-state index in [1.165, 1.54) is 25.4 Å². The van der Waals surface area contributed by atoms with E-state index < -0.39 is 10.0 Å². The van der Waals surface area contributed by atoms with Crippen molar-refractivity contribution >= 4 is 43.4 Å². The Morgan fingerprint density at radius 1 is 1.33 bits per heavy atom. The van der Waals surface area contributed by atoms with Crippen LogP contribution >= 0.6 is 27.5 Å². The van der Waals surface area contributed by atoms with E-state index in [4.69, 9.17) is 16.3 Å². The Morgan fingerprint density at radius 3 is 2.62 bits per heavy atom. The molecule has 2 heterocycles. The van der Waals surface area contributed by atoms with Crippen molar-refractivity contribution in [2.45, 2.75) is 4.90 Å². The van der Waals surface area contributed by atoms with Gasteiger partial charge in [-0.05, 0) is 22.0 Å². The van der Waals surface area contributed by atoms with Gasteiger partial charge in [-0.25, -0.2) is 18.4 Å². The summed E-state index contributed by atoms with van der Waals surface area (Å²) in [5.74, 6) is -0.362. The number of nitrogens with one attached hydrogen (secondary N) is 1. The van der Waals surface area contributed by atoms with Gasteiger partial charge in [-0.1, -0.05) is 11.6 Å². The summed E-state index contributed by atoms with van der Waals surface area (Å²) in [5, 5.41) is 9.80. The second kappa shape index (κ2) is 6.04. The number of nitrogens with zero attached hydrogens (tertiary/aromatic N) is 2. The van der Waals surface area contributed by atoms with Gasteiger partial charge >= 0.3 is 0 Å². The number of halogens is 2. The quantitative estimate of drug-likeness (QED) is 0.826. The van der Waals surface area contributed by atoms with E-state index in [2.05, 4.69) is 30.6 Å². The van der Waals surface area contributed by atoms with E-state index in [9.17, 15) is 13.5 Å². The van der Waals surface area contributed by atoms with Gasteiger partial charge in [0.15, 0.2) is 11.6 Å². The number of hydrogen-bond acceptors (Lipinski definition) is 6. The summed E-state index contributed by atoms with van der Waals surface area (Å²) in [7, 11) is -2.55. The SMILES string of the molecule is COc1ncc(S(=O)(=O)Nc2ncc(Cl)cc2O)cc1Br. The molecule has 0 bridgehead atoms. The maximum absolute atomic E-state index is 12.2. The smallest absolute Gasteiger partial charge is 0.264 e. The fourth-order valence-corrected chi connectivity index (χ4v) is 3.21. The van der Waals surface area contributed by atoms with Crippen LogP contribution in [0.1, 0.15) is 0 Å². The lowest BCUT2D eigenvalue weighted by Crippen LogP contribution is -2.14. The van der Waals surface area contributed by atoms with E-state index in [1.54, 1.807) is 0 Å². The zero-order chi connectivity index (χ0) is 15.6. The third-order valence-electron chi connectivity index (χ3n) is 2.35. The molecule has 0 aliphatic rings. The summed E-state index contributed by atoms with van der Waals surface area (Å²) in [6.07, 6.45) is 2.33. The number of rotatable bonds is 4. The van der Waals surface area contributed by atoms with E-state index in [0.29, 0.717) is 4.47 Å². The highest BCUT2D eigenvalue weighted by Crippen LogP contribution is 2.28. The number of aromatic nitrogens is 2. The van der Waals surface area contributed by atoms with Crippen LogP contribution < -0.4 is 9.46 Å². The first-order valence-corrected chi connectivity index (χ1v) is 8.06. The Morgan fingerprint density at radius 2 is 2.05 bits per heavy atom. The Labute approximate surface area is 134 Å². The zero-order valence-electron chi connectivity index (χ0n) is 10.5. The van der Waals surface area contributed by atoms with Crippen LogP contribution in [0.25, 0.3) is 0 Å². The molecule has 2 aromatic rings. The van der Waals surface area contributed by atoms with Gasteiger partial charge in [-0.3, -0.25) is 4.72 Å². The average Bonchev–Trinajstić information content (AvgIpc) is 2.42. The first-order valence-electron chi connectivity index (χ1n) is 5.40. The molecule has 0 aliphatic heterocycles. The maximum Gasteiger partial charge on any atom is 0.264 e. The average molecular weight is 395 g/mol. The summed E-state index contributed by atoms with van der Waals surface area (Å²) >= 11 is 8.78. The highest BCUT2D eigenvalue weighted by molar-refractivity contribution is 9.10. The van der Waals surface area contributed by atoms with Crippen molar-refractivity contribution in [2.24, 2.45) is 0 Å². The summed E-state index contributed by atoms with van der Waals surface area (Å²) < 4.78 is 31.8. The predicted octanol–water partition coefficient (Wildman–Crippen LogP) is 2.41. The van der Waals surface area contributed by atoms with E-state index >= 15 is 0 Å². The second-order valence-electron chi connectivity index (χ2n) is 3.79. The molecule has 2 rings (SSSR count). The number of methoxy groups -OCH3 is 1. The molecule has 21 heavy (non-hydrogen) atoms. The van der Waals surface area contributed by atoms with Crippen molar-refractivity contribution in [2.75, 3.05) is 11.8 Å². The number of pyridine rings is 2. The third-order valence-corrected chi connectivity index (χ3v) is 4.43. The molecule has 0 aromatic carbocycles. The minimum atomic E-state index is -3.96.